The van der Waals surface area contributed by atoms with E-state index in [1.165, 1.54) is 11.3 Å². The molecule has 0 saturated carbocycles. The molecule has 2 amide bonds. The van der Waals surface area contributed by atoms with E-state index in [2.05, 4.69) is 20.7 Å². The van der Waals surface area contributed by atoms with E-state index in [4.69, 9.17) is 27.7 Å². The fourth-order valence-electron chi connectivity index (χ4n) is 3.96. The number of amides is 2. The third-order valence-electron chi connectivity index (χ3n) is 5.82. The van der Waals surface area contributed by atoms with Gasteiger partial charge in [0.05, 0.1) is 5.02 Å². The van der Waals surface area contributed by atoms with Crippen LogP contribution >= 0.6 is 34.5 Å². The highest BCUT2D eigenvalue weighted by Crippen LogP contribution is 2.36. The van der Waals surface area contributed by atoms with E-state index in [0.717, 1.165) is 11.3 Å². The van der Waals surface area contributed by atoms with Crippen molar-refractivity contribution in [3.63, 3.8) is 0 Å². The topological polar surface area (TPSA) is 101 Å². The van der Waals surface area contributed by atoms with Gasteiger partial charge >= 0.3 is 0 Å². The molecule has 35 heavy (non-hydrogen) atoms. The van der Waals surface area contributed by atoms with Crippen LogP contribution in [0.1, 0.15) is 39.0 Å². The van der Waals surface area contributed by atoms with Crippen LogP contribution in [0.5, 0.6) is 0 Å². The summed E-state index contributed by atoms with van der Waals surface area (Å²) in [5, 5.41) is 17.2. The maximum absolute atomic E-state index is 13.1. The van der Waals surface area contributed by atoms with Crippen LogP contribution in [0.2, 0.25) is 10.0 Å². The molecule has 1 unspecified atom stereocenters. The first-order valence-corrected chi connectivity index (χ1v) is 12.3. The van der Waals surface area contributed by atoms with Crippen molar-refractivity contribution in [1.82, 2.24) is 15.4 Å². The van der Waals surface area contributed by atoms with E-state index >= 15 is 0 Å². The van der Waals surface area contributed by atoms with Gasteiger partial charge < -0.3 is 9.42 Å². The minimum absolute atomic E-state index is 0.0137. The maximum atomic E-state index is 13.1. The zero-order valence-corrected chi connectivity index (χ0v) is 21.0. The van der Waals surface area contributed by atoms with Crippen LogP contribution in [0, 0.1) is 13.8 Å². The number of anilines is 2. The van der Waals surface area contributed by atoms with Gasteiger partial charge in [-0.2, -0.15) is 0 Å². The first-order chi connectivity index (χ1) is 16.8. The minimum Gasteiger partial charge on any atom is -0.360 e. The Morgan fingerprint density at radius 2 is 1.94 bits per heavy atom. The molecular weight excluding hydrogens is 509 g/mol. The molecule has 1 saturated heterocycles. The second-order valence-corrected chi connectivity index (χ2v) is 10.0. The third kappa shape index (κ3) is 4.54. The first-order valence-electron chi connectivity index (χ1n) is 10.7. The summed E-state index contributed by atoms with van der Waals surface area (Å²) in [6.45, 7) is 4.03. The number of rotatable bonds is 5. The van der Waals surface area contributed by atoms with Crippen LogP contribution in [0.3, 0.4) is 0 Å². The normalized spacial score (nSPS) is 15.6. The molecule has 0 aliphatic carbocycles. The van der Waals surface area contributed by atoms with Gasteiger partial charge in [-0.1, -0.05) is 64.0 Å². The van der Waals surface area contributed by atoms with Gasteiger partial charge in [0.2, 0.25) is 11.0 Å². The van der Waals surface area contributed by atoms with Crippen molar-refractivity contribution < 1.29 is 14.1 Å². The number of halogens is 2. The molecule has 2 aromatic heterocycles. The Balaban J connectivity index is 1.33. The number of nitrogens with one attached hydrogen (secondary N) is 1. The average molecular weight is 528 g/mol. The van der Waals surface area contributed by atoms with Crippen molar-refractivity contribution in [1.29, 1.82) is 0 Å². The summed E-state index contributed by atoms with van der Waals surface area (Å²) in [5.41, 5.74) is 2.91. The fraction of sp³-hybridized carbons (Fsp3) is 0.208. The number of benzene rings is 2. The zero-order valence-electron chi connectivity index (χ0n) is 18.7. The summed E-state index contributed by atoms with van der Waals surface area (Å²) < 4.78 is 5.28. The Morgan fingerprint density at radius 1 is 1.14 bits per heavy atom. The van der Waals surface area contributed by atoms with Crippen molar-refractivity contribution in [3.8, 4) is 11.3 Å². The van der Waals surface area contributed by atoms with Gasteiger partial charge in [0.1, 0.15) is 22.0 Å². The molecular formula is C24H19Cl2N5O3S. The Bertz CT molecular complexity index is 1450. The summed E-state index contributed by atoms with van der Waals surface area (Å²) in [7, 11) is 0. The quantitative estimate of drug-likeness (QED) is 0.347. The molecule has 11 heteroatoms. The van der Waals surface area contributed by atoms with Crippen molar-refractivity contribution in [3.05, 3.63) is 74.4 Å². The zero-order chi connectivity index (χ0) is 24.7. The smallest absolute Gasteiger partial charge is 0.263 e. The van der Waals surface area contributed by atoms with Gasteiger partial charge in [-0.05, 0) is 37.6 Å². The molecule has 0 bridgehead atoms. The van der Waals surface area contributed by atoms with Gasteiger partial charge in [-0.3, -0.25) is 14.9 Å². The van der Waals surface area contributed by atoms with Crippen LogP contribution in [0.25, 0.3) is 11.3 Å². The van der Waals surface area contributed by atoms with Crippen LogP contribution in [0.4, 0.5) is 10.8 Å². The van der Waals surface area contributed by atoms with Crippen LogP contribution in [-0.4, -0.2) is 33.7 Å². The number of carbonyl (C=O) groups is 2. The van der Waals surface area contributed by atoms with Crippen molar-refractivity contribution in [2.75, 3.05) is 16.8 Å². The summed E-state index contributed by atoms with van der Waals surface area (Å²) in [6, 6.07) is 12.6. The van der Waals surface area contributed by atoms with Gasteiger partial charge in [-0.15, -0.1) is 10.2 Å². The molecule has 1 aliphatic heterocycles. The maximum Gasteiger partial charge on any atom is 0.263 e. The predicted octanol–water partition coefficient (Wildman–Crippen LogP) is 5.89. The lowest BCUT2D eigenvalue weighted by atomic mass is 10.1. The highest BCUT2D eigenvalue weighted by Gasteiger charge is 2.34. The Labute approximate surface area is 214 Å². The fourth-order valence-corrected chi connectivity index (χ4v) is 5.19. The number of hydrogen-bond acceptors (Lipinski definition) is 7. The molecule has 1 atom stereocenters. The molecule has 1 fully saturated rings. The molecule has 1 aliphatic rings. The number of nitrogens with zero attached hydrogens (tertiary/aromatic N) is 4. The molecule has 178 valence electrons. The Morgan fingerprint density at radius 3 is 2.71 bits per heavy atom. The molecule has 5 rings (SSSR count). The van der Waals surface area contributed by atoms with Gasteiger partial charge in [-0.25, -0.2) is 0 Å². The number of aryl methyl sites for hydroxylation is 2. The van der Waals surface area contributed by atoms with E-state index in [0.29, 0.717) is 50.2 Å². The lowest BCUT2D eigenvalue weighted by Crippen LogP contribution is -2.24. The monoisotopic (exact) mass is 527 g/mol. The lowest BCUT2D eigenvalue weighted by molar-refractivity contribution is -0.117. The highest BCUT2D eigenvalue weighted by molar-refractivity contribution is 7.15. The third-order valence-corrected chi connectivity index (χ3v) is 7.56. The van der Waals surface area contributed by atoms with Gasteiger partial charge in [0.15, 0.2) is 0 Å². The summed E-state index contributed by atoms with van der Waals surface area (Å²) in [5.74, 6) is -0.224. The van der Waals surface area contributed by atoms with E-state index < -0.39 is 5.91 Å². The van der Waals surface area contributed by atoms with Crippen molar-refractivity contribution >= 4 is 57.2 Å². The lowest BCUT2D eigenvalue weighted by Gasteiger charge is -2.17. The molecule has 8 nitrogen and oxygen atoms in total. The molecule has 1 N–H and O–H groups in total. The molecule has 0 spiro atoms. The summed E-state index contributed by atoms with van der Waals surface area (Å²) >= 11 is 13.8. The molecule has 2 aromatic carbocycles. The number of hydrogen-bond donors (Lipinski definition) is 1. The van der Waals surface area contributed by atoms with Crippen molar-refractivity contribution in [2.24, 2.45) is 0 Å². The molecule has 4 aromatic rings. The Hall–Kier alpha value is -3.27. The standard InChI is InChI=1S/C24H19Cl2N5O3S/c1-12-7-8-15(10-18(12)26)31-11-14(9-19(31)32)23-28-29-24(35-23)27-22(33)20-13(2)34-30-21(20)16-5-3-4-6-17(16)25/h3-8,10,14H,9,11H2,1-2H3,(H,27,29,33). The SMILES string of the molecule is Cc1ccc(N2CC(c3nnc(NC(=O)c4c(-c5ccccc5Cl)noc4C)s3)CC2=O)cc1Cl. The average Bonchev–Trinajstić information content (AvgIpc) is 3.54. The first kappa shape index (κ1) is 23.5. The number of carbonyl (C=O) groups excluding carboxylic acids is 2. The minimum atomic E-state index is -0.431. The summed E-state index contributed by atoms with van der Waals surface area (Å²) in [4.78, 5) is 27.5. The Kier molecular flexibility index (Phi) is 6.31. The van der Waals surface area contributed by atoms with Crippen LogP contribution in [-0.2, 0) is 4.79 Å². The van der Waals surface area contributed by atoms with Gasteiger partial charge in [0, 0.05) is 35.2 Å². The second-order valence-electron chi connectivity index (χ2n) is 8.18. The molecule has 3 heterocycles. The van der Waals surface area contributed by atoms with Crippen LogP contribution in [0.15, 0.2) is 47.0 Å². The van der Waals surface area contributed by atoms with E-state index in [9.17, 15) is 9.59 Å². The van der Waals surface area contributed by atoms with Crippen LogP contribution < -0.4 is 10.2 Å². The van der Waals surface area contributed by atoms with E-state index in [1.807, 2.05) is 19.1 Å². The second kappa shape index (κ2) is 9.41. The number of aromatic nitrogens is 3. The molecule has 0 radical (unpaired) electrons. The van der Waals surface area contributed by atoms with Crippen molar-refractivity contribution in [2.45, 2.75) is 26.2 Å². The summed E-state index contributed by atoms with van der Waals surface area (Å²) in [6.07, 6.45) is 0.301. The highest BCUT2D eigenvalue weighted by atomic mass is 35.5. The van der Waals surface area contributed by atoms with Gasteiger partial charge in [0.25, 0.3) is 5.91 Å². The largest absolute Gasteiger partial charge is 0.360 e. The van der Waals surface area contributed by atoms with E-state index in [-0.39, 0.29) is 17.4 Å². The predicted molar refractivity (Wildman–Crippen MR) is 135 cm³/mol. The van der Waals surface area contributed by atoms with E-state index in [1.54, 1.807) is 42.2 Å².